The van der Waals surface area contributed by atoms with Gasteiger partial charge in [-0.05, 0) is 37.1 Å². The molecule has 1 aliphatic rings. The molecule has 1 amide bonds. The molecule has 1 aromatic heterocycles. The number of fused-ring (bicyclic) bond motifs is 1. The Balaban J connectivity index is 1.61. The maximum absolute atomic E-state index is 13.0. The normalized spacial score (nSPS) is 13.9. The lowest BCUT2D eigenvalue weighted by Crippen LogP contribution is -2.32. The third kappa shape index (κ3) is 3.69. The molecule has 1 N–H and O–H groups in total. The zero-order valence-corrected chi connectivity index (χ0v) is 15.1. The van der Waals surface area contributed by atoms with Gasteiger partial charge in [0.2, 0.25) is 11.9 Å². The maximum atomic E-state index is 13.0. The first-order valence-electron chi connectivity index (χ1n) is 9.32. The molecule has 6 nitrogen and oxygen atoms in total. The number of para-hydroxylation sites is 2. The van der Waals surface area contributed by atoms with Crippen molar-refractivity contribution < 1.29 is 4.79 Å². The molecule has 2 aromatic carbocycles. The van der Waals surface area contributed by atoms with Gasteiger partial charge < -0.3 is 10.2 Å². The molecule has 0 radical (unpaired) electrons. The number of amides is 1. The number of nitrogens with zero attached hydrogens (tertiary/aromatic N) is 3. The Kier molecular flexibility index (Phi) is 4.87. The van der Waals surface area contributed by atoms with E-state index in [2.05, 4.69) is 10.2 Å². The van der Waals surface area contributed by atoms with Crippen molar-refractivity contribution in [1.29, 1.82) is 0 Å². The number of benzene rings is 2. The fraction of sp³-hybridized carbons (Fsp3) is 0.286. The molecule has 3 aromatic rings. The minimum atomic E-state index is -0.117. The van der Waals surface area contributed by atoms with E-state index in [0.717, 1.165) is 31.6 Å². The molecule has 0 aliphatic carbocycles. The third-order valence-corrected chi connectivity index (χ3v) is 4.85. The summed E-state index contributed by atoms with van der Waals surface area (Å²) in [7, 11) is 0. The van der Waals surface area contributed by atoms with Crippen LogP contribution in [-0.2, 0) is 11.3 Å². The first-order chi connectivity index (χ1) is 13.2. The van der Waals surface area contributed by atoms with Crippen molar-refractivity contribution in [3.05, 3.63) is 65.0 Å². The maximum Gasteiger partial charge on any atom is 0.262 e. The van der Waals surface area contributed by atoms with E-state index in [1.54, 1.807) is 10.6 Å². The summed E-state index contributed by atoms with van der Waals surface area (Å²) in [4.78, 5) is 32.3. The molecular weight excluding hydrogens is 340 g/mol. The zero-order valence-electron chi connectivity index (χ0n) is 15.1. The zero-order chi connectivity index (χ0) is 18.6. The van der Waals surface area contributed by atoms with Crippen molar-refractivity contribution >= 4 is 28.4 Å². The molecule has 138 valence electrons. The minimum Gasteiger partial charge on any atom is -0.342 e. The lowest BCUT2D eigenvalue weighted by molar-refractivity contribution is -0.116. The van der Waals surface area contributed by atoms with Crippen LogP contribution in [0.2, 0.25) is 0 Å². The molecule has 0 spiro atoms. The van der Waals surface area contributed by atoms with E-state index >= 15 is 0 Å². The van der Waals surface area contributed by atoms with Gasteiger partial charge in [-0.1, -0.05) is 30.3 Å². The summed E-state index contributed by atoms with van der Waals surface area (Å²) in [5, 5.41) is 3.46. The number of carbonyl (C=O) groups is 1. The lowest BCUT2D eigenvalue weighted by atomic mass is 10.2. The van der Waals surface area contributed by atoms with Gasteiger partial charge in [0, 0.05) is 31.7 Å². The Morgan fingerprint density at radius 1 is 1.00 bits per heavy atom. The average Bonchev–Trinajstić information content (AvgIpc) is 3.22. The van der Waals surface area contributed by atoms with Crippen LogP contribution >= 0.6 is 0 Å². The molecule has 0 saturated carbocycles. The number of aromatic nitrogens is 2. The van der Waals surface area contributed by atoms with Gasteiger partial charge in [-0.15, -0.1) is 0 Å². The Morgan fingerprint density at radius 3 is 2.48 bits per heavy atom. The van der Waals surface area contributed by atoms with Crippen LogP contribution in [-0.4, -0.2) is 28.5 Å². The number of rotatable bonds is 5. The van der Waals surface area contributed by atoms with Crippen molar-refractivity contribution in [3.8, 4) is 0 Å². The minimum absolute atomic E-state index is 0.0880. The molecule has 1 saturated heterocycles. The lowest BCUT2D eigenvalue weighted by Gasteiger charge is -2.21. The molecule has 0 atom stereocenters. The van der Waals surface area contributed by atoms with E-state index in [4.69, 9.17) is 4.98 Å². The molecule has 0 bridgehead atoms. The Bertz CT molecular complexity index is 1010. The van der Waals surface area contributed by atoms with Crippen molar-refractivity contribution in [1.82, 2.24) is 9.55 Å². The highest BCUT2D eigenvalue weighted by atomic mass is 16.2. The average molecular weight is 362 g/mol. The highest BCUT2D eigenvalue weighted by molar-refractivity contribution is 5.90. The van der Waals surface area contributed by atoms with E-state index in [0.29, 0.717) is 23.4 Å². The van der Waals surface area contributed by atoms with Crippen molar-refractivity contribution in [3.63, 3.8) is 0 Å². The molecule has 2 heterocycles. The molecule has 1 aliphatic heterocycles. The second-order valence-electron chi connectivity index (χ2n) is 6.74. The quantitative estimate of drug-likeness (QED) is 0.758. The summed E-state index contributed by atoms with van der Waals surface area (Å²) in [5.41, 5.74) is 1.37. The van der Waals surface area contributed by atoms with Crippen LogP contribution in [0, 0.1) is 0 Å². The predicted octanol–water partition coefficient (Wildman–Crippen LogP) is 3.03. The van der Waals surface area contributed by atoms with Crippen molar-refractivity contribution in [2.24, 2.45) is 0 Å². The second-order valence-corrected chi connectivity index (χ2v) is 6.74. The van der Waals surface area contributed by atoms with E-state index in [-0.39, 0.29) is 17.9 Å². The smallest absolute Gasteiger partial charge is 0.262 e. The Morgan fingerprint density at radius 2 is 1.70 bits per heavy atom. The fourth-order valence-electron chi connectivity index (χ4n) is 3.47. The highest BCUT2D eigenvalue weighted by Gasteiger charge is 2.20. The van der Waals surface area contributed by atoms with Crippen LogP contribution in [0.1, 0.15) is 19.3 Å². The van der Waals surface area contributed by atoms with Crippen LogP contribution in [0.25, 0.3) is 10.9 Å². The van der Waals surface area contributed by atoms with Gasteiger partial charge in [-0.2, -0.15) is 0 Å². The predicted molar refractivity (Wildman–Crippen MR) is 107 cm³/mol. The number of carbonyl (C=O) groups excluding carboxylic acids is 1. The van der Waals surface area contributed by atoms with Crippen LogP contribution < -0.4 is 15.8 Å². The molecular formula is C21H22N4O2. The third-order valence-electron chi connectivity index (χ3n) is 4.85. The number of nitrogens with one attached hydrogen (secondary N) is 1. The molecule has 0 unspecified atom stereocenters. The van der Waals surface area contributed by atoms with Crippen LogP contribution in [0.15, 0.2) is 59.4 Å². The van der Waals surface area contributed by atoms with Gasteiger partial charge >= 0.3 is 0 Å². The van der Waals surface area contributed by atoms with Crippen LogP contribution in [0.4, 0.5) is 11.6 Å². The van der Waals surface area contributed by atoms with Gasteiger partial charge in [0.25, 0.3) is 5.56 Å². The summed E-state index contributed by atoms with van der Waals surface area (Å²) in [6, 6.07) is 16.7. The van der Waals surface area contributed by atoms with Gasteiger partial charge in [-0.25, -0.2) is 4.98 Å². The monoisotopic (exact) mass is 362 g/mol. The van der Waals surface area contributed by atoms with Gasteiger partial charge in [0.15, 0.2) is 0 Å². The highest BCUT2D eigenvalue weighted by Crippen LogP contribution is 2.20. The fourth-order valence-corrected chi connectivity index (χ4v) is 3.47. The van der Waals surface area contributed by atoms with Gasteiger partial charge in [-0.3, -0.25) is 14.2 Å². The SMILES string of the molecule is O=C(CCn1c(N2CCCC2)nc2ccccc2c1=O)Nc1ccccc1. The second kappa shape index (κ2) is 7.61. The van der Waals surface area contributed by atoms with Crippen molar-refractivity contribution in [2.75, 3.05) is 23.3 Å². The summed E-state index contributed by atoms with van der Waals surface area (Å²) in [5.74, 6) is 0.553. The van der Waals surface area contributed by atoms with Gasteiger partial charge in [0.05, 0.1) is 10.9 Å². The van der Waals surface area contributed by atoms with Crippen molar-refractivity contribution in [2.45, 2.75) is 25.8 Å². The summed E-state index contributed by atoms with van der Waals surface area (Å²) in [6.07, 6.45) is 2.41. The van der Waals surface area contributed by atoms with Crippen LogP contribution in [0.5, 0.6) is 0 Å². The molecule has 4 rings (SSSR count). The first kappa shape index (κ1) is 17.3. The van der Waals surface area contributed by atoms with E-state index in [1.165, 1.54) is 0 Å². The Hall–Kier alpha value is -3.15. The number of hydrogen-bond acceptors (Lipinski definition) is 4. The summed E-state index contributed by atoms with van der Waals surface area (Å²) < 4.78 is 1.65. The Labute approximate surface area is 157 Å². The summed E-state index contributed by atoms with van der Waals surface area (Å²) >= 11 is 0. The first-order valence-corrected chi connectivity index (χ1v) is 9.32. The van der Waals surface area contributed by atoms with E-state index < -0.39 is 0 Å². The van der Waals surface area contributed by atoms with Gasteiger partial charge in [0.1, 0.15) is 0 Å². The number of anilines is 2. The van der Waals surface area contributed by atoms with E-state index in [1.807, 2.05) is 48.5 Å². The van der Waals surface area contributed by atoms with E-state index in [9.17, 15) is 9.59 Å². The summed E-state index contributed by atoms with van der Waals surface area (Å²) in [6.45, 7) is 2.09. The molecule has 1 fully saturated rings. The van der Waals surface area contributed by atoms with Crippen LogP contribution in [0.3, 0.4) is 0 Å². The molecule has 6 heteroatoms. The molecule has 27 heavy (non-hydrogen) atoms. The largest absolute Gasteiger partial charge is 0.342 e. The topological polar surface area (TPSA) is 67.2 Å². The standard InChI is InChI=1S/C21H22N4O2/c26-19(22-16-8-2-1-3-9-16)12-15-25-20(27)17-10-4-5-11-18(17)23-21(25)24-13-6-7-14-24/h1-5,8-11H,6-7,12-15H2,(H,22,26). The number of hydrogen-bond donors (Lipinski definition) is 1.